The van der Waals surface area contributed by atoms with Crippen molar-refractivity contribution in [2.45, 2.75) is 25.4 Å². The maximum atomic E-state index is 11.5. The van der Waals surface area contributed by atoms with Gasteiger partial charge in [0.1, 0.15) is 0 Å². The molecule has 73 valence electrons. The van der Waals surface area contributed by atoms with E-state index in [9.17, 15) is 4.79 Å². The number of nitrogens with zero attached hydrogens (tertiary/aromatic N) is 1. The highest BCUT2D eigenvalue weighted by molar-refractivity contribution is 5.90. The molecule has 1 saturated heterocycles. The Morgan fingerprint density at radius 1 is 1.85 bits per heavy atom. The molecule has 0 spiro atoms. The van der Waals surface area contributed by atoms with Gasteiger partial charge in [0, 0.05) is 6.54 Å². The molecule has 1 fully saturated rings. The Balaban J connectivity index is 2.60. The summed E-state index contributed by atoms with van der Waals surface area (Å²) in [5, 5.41) is 10.1. The average molecular weight is 183 g/mol. The van der Waals surface area contributed by atoms with Crippen LogP contribution in [0.15, 0.2) is 0 Å². The lowest BCUT2D eigenvalue weighted by Crippen LogP contribution is -2.47. The van der Waals surface area contributed by atoms with Gasteiger partial charge in [-0.2, -0.15) is 0 Å². The fraction of sp³-hybridized carbons (Fsp3) is 0.750. The number of rotatable bonds is 3. The summed E-state index contributed by atoms with van der Waals surface area (Å²) in [5.41, 5.74) is 5.45. The normalized spacial score (nSPS) is 24.0. The molecule has 1 heterocycles. The van der Waals surface area contributed by atoms with Crippen molar-refractivity contribution < 1.29 is 4.79 Å². The average Bonchev–Trinajstić information content (AvgIpc) is 2.58. The maximum absolute atomic E-state index is 11.5. The largest absolute Gasteiger partial charge is 0.320 e. The van der Waals surface area contributed by atoms with E-state index in [1.54, 1.807) is 6.92 Å². The van der Waals surface area contributed by atoms with Crippen LogP contribution in [0.3, 0.4) is 0 Å². The summed E-state index contributed by atoms with van der Waals surface area (Å²) in [6, 6.07) is -0.505. The molecule has 5 heteroatoms. The monoisotopic (exact) mass is 183 g/mol. The van der Waals surface area contributed by atoms with Gasteiger partial charge in [-0.15, -0.1) is 0 Å². The van der Waals surface area contributed by atoms with Crippen LogP contribution in [0.5, 0.6) is 0 Å². The molecular weight excluding hydrogens is 168 g/mol. The summed E-state index contributed by atoms with van der Waals surface area (Å²) in [5.74, 6) is -0.233. The highest BCUT2D eigenvalue weighted by Crippen LogP contribution is 2.07. The molecule has 0 saturated carbocycles. The molecular formula is C8H15N4O. The van der Waals surface area contributed by atoms with Crippen LogP contribution >= 0.6 is 0 Å². The molecule has 13 heavy (non-hydrogen) atoms. The smallest absolute Gasteiger partial charge is 0.245 e. The van der Waals surface area contributed by atoms with E-state index in [2.05, 4.69) is 11.7 Å². The molecule has 1 unspecified atom stereocenters. The van der Waals surface area contributed by atoms with Crippen molar-refractivity contribution in [2.24, 2.45) is 5.73 Å². The van der Waals surface area contributed by atoms with E-state index < -0.39 is 6.04 Å². The lowest BCUT2D eigenvalue weighted by Gasteiger charge is -2.23. The molecule has 2 atom stereocenters. The Hall–Kier alpha value is -0.940. The Bertz CT molecular complexity index is 198. The number of amides is 1. The summed E-state index contributed by atoms with van der Waals surface area (Å²) in [6.07, 6.45) is 3.00. The minimum Gasteiger partial charge on any atom is -0.320 e. The third-order valence-corrected chi connectivity index (χ3v) is 2.15. The van der Waals surface area contributed by atoms with E-state index in [0.29, 0.717) is 0 Å². The first-order valence-electron chi connectivity index (χ1n) is 4.38. The molecule has 1 radical (unpaired) electrons. The molecule has 0 aromatic rings. The number of carbonyl (C=O) groups is 1. The zero-order chi connectivity index (χ0) is 9.84. The fourth-order valence-corrected chi connectivity index (χ4v) is 1.41. The third kappa shape index (κ3) is 2.26. The van der Waals surface area contributed by atoms with E-state index >= 15 is 0 Å². The second-order valence-electron chi connectivity index (χ2n) is 3.26. The number of hydrogen-bond acceptors (Lipinski definition) is 4. The van der Waals surface area contributed by atoms with E-state index in [1.165, 1.54) is 4.90 Å². The molecule has 1 aliphatic rings. The van der Waals surface area contributed by atoms with Crippen molar-refractivity contribution in [1.29, 1.82) is 5.41 Å². The number of nitrogens with one attached hydrogen (secondary N) is 2. The van der Waals surface area contributed by atoms with Gasteiger partial charge in [0.25, 0.3) is 0 Å². The van der Waals surface area contributed by atoms with Gasteiger partial charge >= 0.3 is 0 Å². The first kappa shape index (κ1) is 10.1. The summed E-state index contributed by atoms with van der Waals surface area (Å²) >= 11 is 0. The second-order valence-corrected chi connectivity index (χ2v) is 3.26. The van der Waals surface area contributed by atoms with Crippen molar-refractivity contribution in [3.05, 3.63) is 0 Å². The summed E-state index contributed by atoms with van der Waals surface area (Å²) in [4.78, 5) is 12.7. The topological polar surface area (TPSA) is 82.2 Å². The van der Waals surface area contributed by atoms with E-state index in [1.807, 2.05) is 0 Å². The third-order valence-electron chi connectivity index (χ3n) is 2.15. The molecule has 1 rings (SSSR count). The Labute approximate surface area is 77.8 Å². The fourth-order valence-electron chi connectivity index (χ4n) is 1.41. The Kier molecular flexibility index (Phi) is 3.39. The molecule has 4 N–H and O–H groups in total. The first-order chi connectivity index (χ1) is 6.16. The molecule has 5 nitrogen and oxygen atoms in total. The second kappa shape index (κ2) is 4.34. The molecule has 0 aromatic carbocycles. The zero-order valence-electron chi connectivity index (χ0n) is 7.71. The quantitative estimate of drug-likeness (QED) is 0.298. The van der Waals surface area contributed by atoms with Crippen LogP contribution in [0.1, 0.15) is 13.3 Å². The van der Waals surface area contributed by atoms with Gasteiger partial charge in [0.2, 0.25) is 5.91 Å². The van der Waals surface area contributed by atoms with Crippen molar-refractivity contribution in [3.63, 3.8) is 0 Å². The Morgan fingerprint density at radius 2 is 2.54 bits per heavy atom. The highest BCUT2D eigenvalue weighted by atomic mass is 16.2. The van der Waals surface area contributed by atoms with Crippen LogP contribution in [0.25, 0.3) is 0 Å². The minimum atomic E-state index is -0.557. The van der Waals surface area contributed by atoms with Crippen molar-refractivity contribution in [3.8, 4) is 0 Å². The first-order valence-corrected chi connectivity index (χ1v) is 4.38. The zero-order valence-corrected chi connectivity index (χ0v) is 7.71. The lowest BCUT2D eigenvalue weighted by molar-refractivity contribution is -0.129. The van der Waals surface area contributed by atoms with Crippen molar-refractivity contribution >= 4 is 12.2 Å². The SMILES string of the molecule is C[C@H](N)C(=O)N([C]=N)C1CCNC1. The van der Waals surface area contributed by atoms with E-state index in [4.69, 9.17) is 11.1 Å². The lowest BCUT2D eigenvalue weighted by atomic mass is 10.2. The minimum absolute atomic E-state index is 0.0519. The Morgan fingerprint density at radius 3 is 2.92 bits per heavy atom. The number of nitrogens with two attached hydrogens (primary N) is 1. The summed E-state index contributed by atoms with van der Waals surface area (Å²) in [7, 11) is 0. The summed E-state index contributed by atoms with van der Waals surface area (Å²) < 4.78 is 0. The predicted octanol–water partition coefficient (Wildman–Crippen LogP) is -0.992. The summed E-state index contributed by atoms with van der Waals surface area (Å²) in [6.45, 7) is 3.23. The molecule has 0 aliphatic carbocycles. The van der Waals surface area contributed by atoms with Gasteiger partial charge in [0.15, 0.2) is 6.34 Å². The van der Waals surface area contributed by atoms with Crippen LogP contribution in [-0.2, 0) is 4.79 Å². The van der Waals surface area contributed by atoms with E-state index in [0.717, 1.165) is 19.5 Å². The van der Waals surface area contributed by atoms with Gasteiger partial charge in [0.05, 0.1) is 12.1 Å². The highest BCUT2D eigenvalue weighted by Gasteiger charge is 2.27. The molecule has 0 bridgehead atoms. The van der Waals surface area contributed by atoms with Gasteiger partial charge in [-0.3, -0.25) is 15.1 Å². The standard InChI is InChI=1S/C8H15N4O/c1-6(10)8(13)12(5-9)7-2-3-11-4-7/h6-7,9,11H,2-4,10H2,1H3/t6-,7?/m0/s1. The number of carbonyl (C=O) groups excluding carboxylic acids is 1. The van der Waals surface area contributed by atoms with Crippen molar-refractivity contribution in [2.75, 3.05) is 13.1 Å². The van der Waals surface area contributed by atoms with Crippen LogP contribution in [-0.4, -0.2) is 42.3 Å². The molecule has 1 amide bonds. The van der Waals surface area contributed by atoms with Crippen molar-refractivity contribution in [1.82, 2.24) is 10.2 Å². The predicted molar refractivity (Wildman–Crippen MR) is 49.5 cm³/mol. The van der Waals surface area contributed by atoms with E-state index in [-0.39, 0.29) is 11.9 Å². The van der Waals surface area contributed by atoms with Gasteiger partial charge < -0.3 is 11.1 Å². The van der Waals surface area contributed by atoms with Crippen LogP contribution in [0, 0.1) is 5.41 Å². The van der Waals surface area contributed by atoms with Crippen LogP contribution < -0.4 is 11.1 Å². The molecule has 1 aliphatic heterocycles. The van der Waals surface area contributed by atoms with Gasteiger partial charge in [-0.05, 0) is 19.9 Å². The van der Waals surface area contributed by atoms with Crippen LogP contribution in [0.4, 0.5) is 0 Å². The van der Waals surface area contributed by atoms with Gasteiger partial charge in [-0.1, -0.05) is 0 Å². The van der Waals surface area contributed by atoms with Gasteiger partial charge in [-0.25, -0.2) is 0 Å². The van der Waals surface area contributed by atoms with Crippen LogP contribution in [0.2, 0.25) is 0 Å². The number of hydrogen-bond donors (Lipinski definition) is 3. The maximum Gasteiger partial charge on any atom is 0.245 e. The molecule has 0 aromatic heterocycles.